The van der Waals surface area contributed by atoms with Gasteiger partial charge in [-0.05, 0) is 34.4 Å². The highest BCUT2D eigenvalue weighted by atomic mass is 16.5. The molecule has 120 valence electrons. The maximum atomic E-state index is 10.9. The van der Waals surface area contributed by atoms with Crippen molar-refractivity contribution in [2.75, 3.05) is 0 Å². The lowest BCUT2D eigenvalue weighted by Gasteiger charge is -2.08. The predicted octanol–water partition coefficient (Wildman–Crippen LogP) is 3.96. The molecule has 3 nitrogen and oxygen atoms in total. The number of carbonyl (C=O) groups excluding carboxylic acids is 1. The molecule has 0 radical (unpaired) electrons. The average molecular weight is 317 g/mol. The number of hydrogen-bond donors (Lipinski definition) is 1. The molecule has 1 amide bonds. The Labute approximate surface area is 141 Å². The molecule has 0 fully saturated rings. The van der Waals surface area contributed by atoms with E-state index in [2.05, 4.69) is 36.4 Å². The van der Waals surface area contributed by atoms with Crippen LogP contribution in [-0.4, -0.2) is 5.91 Å². The lowest BCUT2D eigenvalue weighted by Crippen LogP contribution is -2.13. The van der Waals surface area contributed by atoms with E-state index in [1.54, 1.807) is 0 Å². The molecule has 3 aromatic carbocycles. The second-order valence-electron chi connectivity index (χ2n) is 5.64. The summed E-state index contributed by atoms with van der Waals surface area (Å²) >= 11 is 0. The fraction of sp³-hybridized carbons (Fsp3) is 0.0952. The van der Waals surface area contributed by atoms with Crippen LogP contribution in [0.3, 0.4) is 0 Å². The van der Waals surface area contributed by atoms with Crippen molar-refractivity contribution in [3.8, 4) is 16.9 Å². The van der Waals surface area contributed by atoms with Gasteiger partial charge >= 0.3 is 0 Å². The van der Waals surface area contributed by atoms with E-state index in [0.29, 0.717) is 6.61 Å². The van der Waals surface area contributed by atoms with Crippen LogP contribution in [0.2, 0.25) is 0 Å². The molecule has 0 aromatic heterocycles. The number of benzene rings is 3. The Kier molecular flexibility index (Phi) is 4.92. The minimum absolute atomic E-state index is 0.251. The summed E-state index contributed by atoms with van der Waals surface area (Å²) < 4.78 is 5.78. The fourth-order valence-electron chi connectivity index (χ4n) is 2.50. The lowest BCUT2D eigenvalue weighted by molar-refractivity contribution is -0.117. The number of rotatable bonds is 6. The van der Waals surface area contributed by atoms with E-state index >= 15 is 0 Å². The van der Waals surface area contributed by atoms with Gasteiger partial charge in [-0.15, -0.1) is 0 Å². The van der Waals surface area contributed by atoms with Crippen LogP contribution in [-0.2, 0) is 17.8 Å². The summed E-state index contributed by atoms with van der Waals surface area (Å²) in [5, 5.41) is 0. The van der Waals surface area contributed by atoms with Crippen molar-refractivity contribution in [1.82, 2.24) is 0 Å². The van der Waals surface area contributed by atoms with Gasteiger partial charge in [-0.3, -0.25) is 4.79 Å². The summed E-state index contributed by atoms with van der Waals surface area (Å²) in [6.07, 6.45) is 0.251. The van der Waals surface area contributed by atoms with Crippen molar-refractivity contribution in [3.05, 3.63) is 90.0 Å². The van der Waals surface area contributed by atoms with E-state index in [9.17, 15) is 4.79 Å². The van der Waals surface area contributed by atoms with E-state index in [1.165, 1.54) is 11.1 Å². The van der Waals surface area contributed by atoms with Crippen LogP contribution in [0, 0.1) is 0 Å². The number of amides is 1. The molecule has 0 heterocycles. The van der Waals surface area contributed by atoms with Gasteiger partial charge in [-0.2, -0.15) is 0 Å². The van der Waals surface area contributed by atoms with Gasteiger partial charge in [0.05, 0.1) is 6.42 Å². The summed E-state index contributed by atoms with van der Waals surface area (Å²) in [5.41, 5.74) is 9.57. The van der Waals surface area contributed by atoms with E-state index in [4.69, 9.17) is 10.5 Å². The molecule has 0 aliphatic heterocycles. The number of hydrogen-bond acceptors (Lipinski definition) is 2. The zero-order valence-electron chi connectivity index (χ0n) is 13.3. The predicted molar refractivity (Wildman–Crippen MR) is 95.6 cm³/mol. The van der Waals surface area contributed by atoms with Crippen LogP contribution in [0.1, 0.15) is 11.1 Å². The summed E-state index contributed by atoms with van der Waals surface area (Å²) in [5.74, 6) is 0.442. The average Bonchev–Trinajstić information content (AvgIpc) is 2.62. The van der Waals surface area contributed by atoms with Crippen molar-refractivity contribution < 1.29 is 9.53 Å². The molecule has 3 heteroatoms. The molecule has 0 atom stereocenters. The van der Waals surface area contributed by atoms with Crippen LogP contribution in [0.25, 0.3) is 11.1 Å². The van der Waals surface area contributed by atoms with E-state index in [1.807, 2.05) is 42.5 Å². The highest BCUT2D eigenvalue weighted by Gasteiger charge is 2.01. The van der Waals surface area contributed by atoms with Crippen molar-refractivity contribution in [2.45, 2.75) is 13.0 Å². The number of carbonyl (C=O) groups is 1. The first-order valence-electron chi connectivity index (χ1n) is 7.85. The smallest absolute Gasteiger partial charge is 0.221 e. The third-order valence-corrected chi connectivity index (χ3v) is 3.77. The molecule has 2 N–H and O–H groups in total. The molecule has 0 aliphatic carbocycles. The van der Waals surface area contributed by atoms with Gasteiger partial charge in [0.25, 0.3) is 0 Å². The van der Waals surface area contributed by atoms with Crippen LogP contribution < -0.4 is 10.5 Å². The second kappa shape index (κ2) is 7.47. The molecule has 3 aromatic rings. The first kappa shape index (κ1) is 15.8. The molecule has 24 heavy (non-hydrogen) atoms. The lowest BCUT2D eigenvalue weighted by atomic mass is 10.0. The Balaban J connectivity index is 1.59. The third-order valence-electron chi connectivity index (χ3n) is 3.77. The maximum absolute atomic E-state index is 10.9. The largest absolute Gasteiger partial charge is 0.489 e. The summed E-state index contributed by atoms with van der Waals surface area (Å²) in [6.45, 7) is 0.504. The first-order valence-corrected chi connectivity index (χ1v) is 7.85. The fourth-order valence-corrected chi connectivity index (χ4v) is 2.50. The van der Waals surface area contributed by atoms with E-state index < -0.39 is 0 Å². The van der Waals surface area contributed by atoms with Crippen LogP contribution in [0.4, 0.5) is 0 Å². The molecule has 0 bridgehead atoms. The SMILES string of the molecule is NC(=O)Cc1ccc(OCc2ccc(-c3ccccc3)cc2)cc1. The molecule has 0 aliphatic rings. The van der Waals surface area contributed by atoms with Crippen LogP contribution >= 0.6 is 0 Å². The van der Waals surface area contributed by atoms with Crippen molar-refractivity contribution in [3.63, 3.8) is 0 Å². The molecule has 3 rings (SSSR count). The Hall–Kier alpha value is -3.07. The molecular formula is C21H19NO2. The molecule has 0 saturated heterocycles. The highest BCUT2D eigenvalue weighted by Crippen LogP contribution is 2.20. The number of primary amides is 1. The van der Waals surface area contributed by atoms with Crippen molar-refractivity contribution in [1.29, 1.82) is 0 Å². The minimum Gasteiger partial charge on any atom is -0.489 e. The van der Waals surface area contributed by atoms with Gasteiger partial charge in [-0.1, -0.05) is 66.7 Å². The number of nitrogens with two attached hydrogens (primary N) is 1. The third kappa shape index (κ3) is 4.23. The van der Waals surface area contributed by atoms with E-state index in [0.717, 1.165) is 16.9 Å². The maximum Gasteiger partial charge on any atom is 0.221 e. The van der Waals surface area contributed by atoms with Crippen LogP contribution in [0.15, 0.2) is 78.9 Å². The zero-order valence-corrected chi connectivity index (χ0v) is 13.3. The standard InChI is InChI=1S/C21H19NO2/c22-21(23)14-16-8-12-20(13-9-16)24-15-17-6-10-19(11-7-17)18-4-2-1-3-5-18/h1-13H,14-15H2,(H2,22,23). The molecular weight excluding hydrogens is 298 g/mol. The summed E-state index contributed by atoms with van der Waals surface area (Å²) in [7, 11) is 0. The quantitative estimate of drug-likeness (QED) is 0.748. The van der Waals surface area contributed by atoms with Gasteiger partial charge in [0.15, 0.2) is 0 Å². The normalized spacial score (nSPS) is 10.3. The van der Waals surface area contributed by atoms with Gasteiger partial charge in [0, 0.05) is 0 Å². The van der Waals surface area contributed by atoms with E-state index in [-0.39, 0.29) is 12.3 Å². The second-order valence-corrected chi connectivity index (χ2v) is 5.64. The molecule has 0 spiro atoms. The molecule has 0 saturated carbocycles. The Morgan fingerprint density at radius 1 is 0.750 bits per heavy atom. The topological polar surface area (TPSA) is 52.3 Å². The van der Waals surface area contributed by atoms with Crippen molar-refractivity contribution >= 4 is 5.91 Å². The van der Waals surface area contributed by atoms with Crippen LogP contribution in [0.5, 0.6) is 5.75 Å². The van der Waals surface area contributed by atoms with Gasteiger partial charge in [0.2, 0.25) is 5.91 Å². The summed E-state index contributed by atoms with van der Waals surface area (Å²) in [4.78, 5) is 10.9. The summed E-state index contributed by atoms with van der Waals surface area (Å²) in [6, 6.07) is 26.1. The van der Waals surface area contributed by atoms with Gasteiger partial charge in [-0.25, -0.2) is 0 Å². The first-order chi connectivity index (χ1) is 11.7. The Morgan fingerprint density at radius 3 is 1.96 bits per heavy atom. The minimum atomic E-state index is -0.331. The van der Waals surface area contributed by atoms with Crippen molar-refractivity contribution in [2.24, 2.45) is 5.73 Å². The monoisotopic (exact) mass is 317 g/mol. The molecule has 0 unspecified atom stereocenters. The zero-order chi connectivity index (χ0) is 16.8. The highest BCUT2D eigenvalue weighted by molar-refractivity contribution is 5.76. The number of ether oxygens (including phenoxy) is 1. The Morgan fingerprint density at radius 2 is 1.33 bits per heavy atom. The Bertz CT molecular complexity index is 794. The van der Waals surface area contributed by atoms with Gasteiger partial charge in [0.1, 0.15) is 12.4 Å². The van der Waals surface area contributed by atoms with Gasteiger partial charge < -0.3 is 10.5 Å².